The van der Waals surface area contributed by atoms with E-state index in [0.29, 0.717) is 11.4 Å². The number of rotatable bonds is 4. The molecule has 0 aliphatic carbocycles. The van der Waals surface area contributed by atoms with Gasteiger partial charge in [-0.15, -0.1) is 11.3 Å². The van der Waals surface area contributed by atoms with Gasteiger partial charge in [-0.25, -0.2) is 12.8 Å². The van der Waals surface area contributed by atoms with Crippen LogP contribution in [0, 0.1) is 5.82 Å². The number of thiophene rings is 1. The van der Waals surface area contributed by atoms with E-state index in [1.165, 1.54) is 42.7 Å². The lowest BCUT2D eigenvalue weighted by Crippen LogP contribution is -2.23. The quantitative estimate of drug-likeness (QED) is 0.691. The fraction of sp³-hybridized carbons (Fsp3) is 0.150. The third-order valence-corrected chi connectivity index (χ3v) is 7.73. The molecule has 4 rings (SSSR count). The van der Waals surface area contributed by atoms with E-state index in [2.05, 4.69) is 5.32 Å². The summed E-state index contributed by atoms with van der Waals surface area (Å²) >= 11 is 1.28. The number of fused-ring (bicyclic) bond motifs is 1. The summed E-state index contributed by atoms with van der Waals surface area (Å²) in [6.45, 7) is 0. The fourth-order valence-electron chi connectivity index (χ4n) is 3.25. The van der Waals surface area contributed by atoms with Gasteiger partial charge < -0.3 is 10.1 Å². The Kier molecular flexibility index (Phi) is 4.68. The zero-order valence-electron chi connectivity index (χ0n) is 14.8. The van der Waals surface area contributed by atoms with Crippen LogP contribution in [0.5, 0.6) is 5.75 Å². The van der Waals surface area contributed by atoms with Gasteiger partial charge in [-0.3, -0.25) is 4.79 Å². The average molecular weight is 417 g/mol. The van der Waals surface area contributed by atoms with Gasteiger partial charge in [0.2, 0.25) is 15.7 Å². The normalized spacial score (nSPS) is 16.4. The number of anilines is 1. The van der Waals surface area contributed by atoms with Crippen LogP contribution in [0.15, 0.2) is 63.7 Å². The van der Waals surface area contributed by atoms with Crippen molar-refractivity contribution in [3.63, 3.8) is 0 Å². The average Bonchev–Trinajstić information content (AvgIpc) is 3.12. The highest BCUT2D eigenvalue weighted by Crippen LogP contribution is 2.45. The molecule has 0 bridgehead atoms. The Hall–Kier alpha value is -2.71. The molecule has 1 aromatic heterocycles. The van der Waals surface area contributed by atoms with Crippen molar-refractivity contribution in [2.75, 3.05) is 12.4 Å². The van der Waals surface area contributed by atoms with Crippen molar-refractivity contribution in [3.8, 4) is 5.75 Å². The minimum Gasteiger partial charge on any atom is -0.497 e. The third kappa shape index (κ3) is 3.18. The van der Waals surface area contributed by atoms with Crippen LogP contribution in [-0.2, 0) is 14.6 Å². The summed E-state index contributed by atoms with van der Waals surface area (Å²) in [7, 11) is -2.31. The third-order valence-electron chi connectivity index (χ3n) is 4.69. The Morgan fingerprint density at radius 2 is 1.79 bits per heavy atom. The Morgan fingerprint density at radius 1 is 1.11 bits per heavy atom. The molecular weight excluding hydrogens is 401 g/mol. The smallest absolute Gasteiger partial charge is 0.225 e. The van der Waals surface area contributed by atoms with Crippen LogP contribution in [-0.4, -0.2) is 21.4 Å². The second-order valence-corrected chi connectivity index (χ2v) is 9.20. The van der Waals surface area contributed by atoms with Crippen LogP contribution in [0.3, 0.4) is 0 Å². The summed E-state index contributed by atoms with van der Waals surface area (Å²) in [6, 6.07) is 12.0. The first-order valence-corrected chi connectivity index (χ1v) is 10.8. The molecule has 144 valence electrons. The predicted molar refractivity (Wildman–Crippen MR) is 104 cm³/mol. The lowest BCUT2D eigenvalue weighted by molar-refractivity contribution is -0.116. The number of hydrogen-bond donors (Lipinski definition) is 1. The molecule has 0 spiro atoms. The van der Waals surface area contributed by atoms with E-state index in [9.17, 15) is 17.6 Å². The molecule has 0 saturated carbocycles. The van der Waals surface area contributed by atoms with Crippen LogP contribution in [0.1, 0.15) is 22.8 Å². The molecular formula is C20H16FNO4S2. The second-order valence-electron chi connectivity index (χ2n) is 6.37. The molecule has 1 atom stereocenters. The number of methoxy groups -OCH3 is 1. The van der Waals surface area contributed by atoms with E-state index in [-0.39, 0.29) is 33.9 Å². The lowest BCUT2D eigenvalue weighted by Gasteiger charge is -2.23. The minimum atomic E-state index is -3.82. The summed E-state index contributed by atoms with van der Waals surface area (Å²) in [5, 5.41) is 4.26. The lowest BCUT2D eigenvalue weighted by atomic mass is 9.91. The zero-order valence-corrected chi connectivity index (χ0v) is 16.4. The first kappa shape index (κ1) is 18.6. The van der Waals surface area contributed by atoms with E-state index in [4.69, 9.17) is 4.74 Å². The van der Waals surface area contributed by atoms with Crippen LogP contribution in [0.4, 0.5) is 10.1 Å². The number of halogens is 1. The number of hydrogen-bond acceptors (Lipinski definition) is 5. The first-order valence-electron chi connectivity index (χ1n) is 8.46. The first-order chi connectivity index (χ1) is 13.4. The Balaban J connectivity index is 1.79. The van der Waals surface area contributed by atoms with Crippen molar-refractivity contribution >= 4 is 32.8 Å². The molecule has 3 aromatic rings. The largest absolute Gasteiger partial charge is 0.497 e. The number of sulfone groups is 1. The van der Waals surface area contributed by atoms with E-state index < -0.39 is 9.84 Å². The molecule has 1 amide bonds. The molecule has 1 N–H and O–H groups in total. The molecule has 8 heteroatoms. The van der Waals surface area contributed by atoms with Gasteiger partial charge in [-0.2, -0.15) is 0 Å². The van der Waals surface area contributed by atoms with Gasteiger partial charge in [0, 0.05) is 22.6 Å². The highest BCUT2D eigenvalue weighted by Gasteiger charge is 2.34. The summed E-state index contributed by atoms with van der Waals surface area (Å²) in [5.74, 6) is -0.394. The molecule has 1 aliphatic heterocycles. The molecule has 0 radical (unpaired) electrons. The molecule has 2 heterocycles. The van der Waals surface area contributed by atoms with Crippen LogP contribution in [0.2, 0.25) is 0 Å². The Bertz CT molecular complexity index is 1140. The maximum atomic E-state index is 13.3. The van der Waals surface area contributed by atoms with E-state index >= 15 is 0 Å². The van der Waals surface area contributed by atoms with Crippen molar-refractivity contribution in [2.45, 2.75) is 22.1 Å². The van der Waals surface area contributed by atoms with Crippen molar-refractivity contribution in [3.05, 3.63) is 70.2 Å². The van der Waals surface area contributed by atoms with Crippen LogP contribution >= 0.6 is 11.3 Å². The van der Waals surface area contributed by atoms with Gasteiger partial charge in [-0.05, 0) is 42.0 Å². The van der Waals surface area contributed by atoms with Crippen LogP contribution < -0.4 is 10.1 Å². The molecule has 28 heavy (non-hydrogen) atoms. The van der Waals surface area contributed by atoms with Crippen LogP contribution in [0.25, 0.3) is 0 Å². The highest BCUT2D eigenvalue weighted by atomic mass is 32.2. The van der Waals surface area contributed by atoms with Crippen molar-refractivity contribution < 1.29 is 22.3 Å². The molecule has 0 unspecified atom stereocenters. The maximum absolute atomic E-state index is 13.3. The summed E-state index contributed by atoms with van der Waals surface area (Å²) < 4.78 is 44.6. The van der Waals surface area contributed by atoms with Gasteiger partial charge in [0.1, 0.15) is 16.5 Å². The van der Waals surface area contributed by atoms with Gasteiger partial charge in [0.05, 0.1) is 17.7 Å². The van der Waals surface area contributed by atoms with Crippen molar-refractivity contribution in [1.82, 2.24) is 0 Å². The predicted octanol–water partition coefficient (Wildman–Crippen LogP) is 4.20. The highest BCUT2D eigenvalue weighted by molar-refractivity contribution is 7.91. The van der Waals surface area contributed by atoms with Gasteiger partial charge in [0.15, 0.2) is 0 Å². The molecule has 5 nitrogen and oxygen atoms in total. The summed E-state index contributed by atoms with van der Waals surface area (Å²) in [6.07, 6.45) is 0.182. The van der Waals surface area contributed by atoms with Gasteiger partial charge >= 0.3 is 0 Å². The monoisotopic (exact) mass is 417 g/mol. The van der Waals surface area contributed by atoms with Gasteiger partial charge in [0.25, 0.3) is 0 Å². The Labute approximate surface area is 165 Å². The van der Waals surface area contributed by atoms with E-state index in [1.807, 2.05) is 0 Å². The second kappa shape index (κ2) is 7.03. The molecule has 2 aromatic carbocycles. The maximum Gasteiger partial charge on any atom is 0.225 e. The number of nitrogens with one attached hydrogen (secondary N) is 1. The molecule has 0 fully saturated rings. The Morgan fingerprint density at radius 3 is 2.43 bits per heavy atom. The van der Waals surface area contributed by atoms with Crippen molar-refractivity contribution in [1.29, 1.82) is 0 Å². The molecule has 0 saturated heterocycles. The standard InChI is InChI=1S/C20H16FNO4S2/c1-26-14-6-8-15(9-7-14)28(24,25)17-11-27-20-16(10-18(23)22-19(17)20)12-2-4-13(21)5-3-12/h2-9,11,16H,10H2,1H3,(H,22,23)/t16-/m1/s1. The number of carbonyl (C=O) groups is 1. The van der Waals surface area contributed by atoms with E-state index in [1.54, 1.807) is 29.6 Å². The summed E-state index contributed by atoms with van der Waals surface area (Å²) in [4.78, 5) is 13.2. The van der Waals surface area contributed by atoms with Gasteiger partial charge in [-0.1, -0.05) is 12.1 Å². The number of amides is 1. The molecule has 1 aliphatic rings. The number of ether oxygens (including phenoxy) is 1. The fourth-order valence-corrected chi connectivity index (χ4v) is 6.16. The number of benzene rings is 2. The SMILES string of the molecule is COc1ccc(S(=O)(=O)c2csc3c2NC(=O)C[C@@H]3c2ccc(F)cc2)cc1. The van der Waals surface area contributed by atoms with Crippen molar-refractivity contribution in [2.24, 2.45) is 0 Å². The summed E-state index contributed by atoms with van der Waals surface area (Å²) in [5.41, 5.74) is 1.08. The van der Waals surface area contributed by atoms with E-state index in [0.717, 1.165) is 10.4 Å². The number of carbonyl (C=O) groups excluding carboxylic acids is 1. The topological polar surface area (TPSA) is 72.5 Å². The minimum absolute atomic E-state index is 0.0674. The zero-order chi connectivity index (χ0) is 19.9.